The zero-order valence-electron chi connectivity index (χ0n) is 9.49. The molecule has 0 bridgehead atoms. The van der Waals surface area contributed by atoms with Crippen LogP contribution in [-0.4, -0.2) is 6.61 Å². The molecule has 4 aliphatic rings. The van der Waals surface area contributed by atoms with Gasteiger partial charge in [-0.15, -0.1) is 0 Å². The highest BCUT2D eigenvalue weighted by Crippen LogP contribution is 2.70. The van der Waals surface area contributed by atoms with E-state index in [1.165, 1.54) is 18.6 Å². The SMILES string of the molecule is CC1(C)CC1C1C2C=CC3=C(CCO3)C21. The first kappa shape index (κ1) is 8.43. The van der Waals surface area contributed by atoms with Gasteiger partial charge in [-0.1, -0.05) is 19.9 Å². The van der Waals surface area contributed by atoms with Gasteiger partial charge in [0.1, 0.15) is 5.76 Å². The van der Waals surface area contributed by atoms with Crippen LogP contribution < -0.4 is 0 Å². The van der Waals surface area contributed by atoms with Crippen molar-refractivity contribution in [2.45, 2.75) is 26.7 Å². The van der Waals surface area contributed by atoms with E-state index in [2.05, 4.69) is 26.0 Å². The summed E-state index contributed by atoms with van der Waals surface area (Å²) < 4.78 is 5.65. The minimum atomic E-state index is 0.635. The molecule has 4 rings (SSSR count). The van der Waals surface area contributed by atoms with E-state index in [-0.39, 0.29) is 0 Å². The molecule has 0 amide bonds. The Hall–Kier alpha value is -0.720. The molecule has 0 aromatic rings. The molecule has 1 aliphatic heterocycles. The Morgan fingerprint density at radius 2 is 2.20 bits per heavy atom. The smallest absolute Gasteiger partial charge is 0.118 e. The molecule has 1 nitrogen and oxygen atoms in total. The molecule has 0 N–H and O–H groups in total. The normalized spacial score (nSPS) is 48.4. The van der Waals surface area contributed by atoms with E-state index >= 15 is 0 Å². The highest BCUT2D eigenvalue weighted by Gasteiger charge is 2.65. The van der Waals surface area contributed by atoms with Gasteiger partial charge in [0.15, 0.2) is 0 Å². The van der Waals surface area contributed by atoms with Crippen molar-refractivity contribution in [2.75, 3.05) is 6.61 Å². The summed E-state index contributed by atoms with van der Waals surface area (Å²) in [4.78, 5) is 0. The highest BCUT2D eigenvalue weighted by molar-refractivity contribution is 5.40. The average molecular weight is 202 g/mol. The first-order chi connectivity index (χ1) is 7.18. The third kappa shape index (κ3) is 0.992. The molecular formula is C14H18O. The first-order valence-electron chi connectivity index (χ1n) is 6.22. The molecule has 15 heavy (non-hydrogen) atoms. The third-order valence-corrected chi connectivity index (χ3v) is 5.00. The van der Waals surface area contributed by atoms with Crippen molar-refractivity contribution in [3.63, 3.8) is 0 Å². The van der Waals surface area contributed by atoms with Crippen molar-refractivity contribution in [2.24, 2.45) is 29.1 Å². The Kier molecular flexibility index (Phi) is 1.31. The number of hydrogen-bond acceptors (Lipinski definition) is 1. The fourth-order valence-corrected chi connectivity index (χ4v) is 3.93. The lowest BCUT2D eigenvalue weighted by atomic mass is 10.0. The monoisotopic (exact) mass is 202 g/mol. The molecule has 0 aromatic carbocycles. The van der Waals surface area contributed by atoms with Crippen LogP contribution >= 0.6 is 0 Å². The molecule has 1 heteroatoms. The van der Waals surface area contributed by atoms with Gasteiger partial charge >= 0.3 is 0 Å². The van der Waals surface area contributed by atoms with Gasteiger partial charge in [-0.25, -0.2) is 0 Å². The van der Waals surface area contributed by atoms with Crippen LogP contribution in [0.2, 0.25) is 0 Å². The fraction of sp³-hybridized carbons (Fsp3) is 0.714. The molecule has 0 radical (unpaired) electrons. The summed E-state index contributed by atoms with van der Waals surface area (Å²) in [5, 5.41) is 0. The molecule has 2 saturated carbocycles. The maximum atomic E-state index is 5.65. The number of ether oxygens (including phenoxy) is 1. The lowest BCUT2D eigenvalue weighted by Gasteiger charge is -2.04. The maximum absolute atomic E-state index is 5.65. The largest absolute Gasteiger partial charge is 0.493 e. The Morgan fingerprint density at radius 3 is 2.93 bits per heavy atom. The predicted octanol–water partition coefficient (Wildman–Crippen LogP) is 3.14. The van der Waals surface area contributed by atoms with Crippen LogP contribution in [0.15, 0.2) is 23.5 Å². The molecule has 4 atom stereocenters. The van der Waals surface area contributed by atoms with Crippen LogP contribution in [0.5, 0.6) is 0 Å². The van der Waals surface area contributed by atoms with E-state index in [4.69, 9.17) is 4.74 Å². The molecule has 0 spiro atoms. The Labute approximate surface area is 91.2 Å². The zero-order chi connectivity index (χ0) is 10.2. The van der Waals surface area contributed by atoms with Gasteiger partial charge in [0.25, 0.3) is 0 Å². The van der Waals surface area contributed by atoms with Gasteiger partial charge in [-0.05, 0) is 47.2 Å². The van der Waals surface area contributed by atoms with E-state index in [0.29, 0.717) is 5.41 Å². The van der Waals surface area contributed by atoms with Gasteiger partial charge in [0.05, 0.1) is 6.61 Å². The van der Waals surface area contributed by atoms with Crippen LogP contribution in [0.1, 0.15) is 26.7 Å². The van der Waals surface area contributed by atoms with Crippen molar-refractivity contribution in [3.05, 3.63) is 23.5 Å². The van der Waals surface area contributed by atoms with Gasteiger partial charge in [-0.2, -0.15) is 0 Å². The fourth-order valence-electron chi connectivity index (χ4n) is 3.93. The molecule has 2 fully saturated rings. The van der Waals surface area contributed by atoms with Crippen molar-refractivity contribution < 1.29 is 4.74 Å². The predicted molar refractivity (Wildman–Crippen MR) is 59.1 cm³/mol. The Balaban J connectivity index is 1.62. The first-order valence-corrected chi connectivity index (χ1v) is 6.22. The summed E-state index contributed by atoms with van der Waals surface area (Å²) in [6.45, 7) is 5.78. The van der Waals surface area contributed by atoms with Crippen LogP contribution in [0.25, 0.3) is 0 Å². The second kappa shape index (κ2) is 2.34. The topological polar surface area (TPSA) is 9.23 Å². The minimum absolute atomic E-state index is 0.635. The van der Waals surface area contributed by atoms with E-state index < -0.39 is 0 Å². The van der Waals surface area contributed by atoms with E-state index in [1.54, 1.807) is 5.57 Å². The van der Waals surface area contributed by atoms with Gasteiger partial charge < -0.3 is 4.74 Å². The second-order valence-electron chi connectivity index (χ2n) is 6.33. The zero-order valence-corrected chi connectivity index (χ0v) is 9.49. The summed E-state index contributed by atoms with van der Waals surface area (Å²) in [6.07, 6.45) is 7.29. The van der Waals surface area contributed by atoms with Gasteiger partial charge in [0, 0.05) is 6.42 Å². The molecule has 0 saturated heterocycles. The van der Waals surface area contributed by atoms with Crippen LogP contribution in [0.4, 0.5) is 0 Å². The third-order valence-electron chi connectivity index (χ3n) is 5.00. The lowest BCUT2D eigenvalue weighted by molar-refractivity contribution is 0.257. The maximum Gasteiger partial charge on any atom is 0.118 e. The molecule has 0 aromatic heterocycles. The number of allylic oxidation sites excluding steroid dienone is 2. The van der Waals surface area contributed by atoms with Gasteiger partial charge in [0.2, 0.25) is 0 Å². The Morgan fingerprint density at radius 1 is 1.40 bits per heavy atom. The molecule has 3 aliphatic carbocycles. The Bertz CT molecular complexity index is 388. The van der Waals surface area contributed by atoms with Crippen LogP contribution in [0, 0.1) is 29.1 Å². The summed E-state index contributed by atoms with van der Waals surface area (Å²) in [6, 6.07) is 0. The minimum Gasteiger partial charge on any atom is -0.493 e. The second-order valence-corrected chi connectivity index (χ2v) is 6.33. The highest BCUT2D eigenvalue weighted by atomic mass is 16.5. The summed E-state index contributed by atoms with van der Waals surface area (Å²) in [5.41, 5.74) is 2.28. The van der Waals surface area contributed by atoms with E-state index in [0.717, 1.165) is 30.3 Å². The van der Waals surface area contributed by atoms with Crippen LogP contribution in [-0.2, 0) is 4.74 Å². The van der Waals surface area contributed by atoms with Gasteiger partial charge in [-0.3, -0.25) is 0 Å². The number of rotatable bonds is 1. The van der Waals surface area contributed by atoms with Crippen LogP contribution in [0.3, 0.4) is 0 Å². The molecule has 1 heterocycles. The number of fused-ring (bicyclic) bond motifs is 2. The van der Waals surface area contributed by atoms with E-state index in [1.807, 2.05) is 0 Å². The molecular weight excluding hydrogens is 184 g/mol. The van der Waals surface area contributed by atoms with Crippen molar-refractivity contribution in [1.82, 2.24) is 0 Å². The average Bonchev–Trinajstić information content (AvgIpc) is 2.98. The summed E-state index contributed by atoms with van der Waals surface area (Å²) >= 11 is 0. The molecule has 4 unspecified atom stereocenters. The van der Waals surface area contributed by atoms with Crippen molar-refractivity contribution in [1.29, 1.82) is 0 Å². The standard InChI is InChI=1S/C14H18O/c1-14(2)7-10(14)13-9-3-4-11-8(12(9)13)5-6-15-11/h3-4,9-10,12-13H,5-7H2,1-2H3. The van der Waals surface area contributed by atoms with Crippen molar-refractivity contribution in [3.8, 4) is 0 Å². The summed E-state index contributed by atoms with van der Waals surface area (Å²) in [5.74, 6) is 4.92. The lowest BCUT2D eigenvalue weighted by Crippen LogP contribution is -1.96. The van der Waals surface area contributed by atoms with E-state index in [9.17, 15) is 0 Å². The number of hydrogen-bond donors (Lipinski definition) is 0. The van der Waals surface area contributed by atoms with Crippen molar-refractivity contribution >= 4 is 0 Å². The molecule has 80 valence electrons. The quantitative estimate of drug-likeness (QED) is 0.634. The summed E-state index contributed by atoms with van der Waals surface area (Å²) in [7, 11) is 0.